The molecule has 0 fully saturated rings. The van der Waals surface area contributed by atoms with Crippen molar-refractivity contribution >= 4 is 52.5 Å². The number of methoxy groups -OCH3 is 1. The molecule has 0 aliphatic heterocycles. The van der Waals surface area contributed by atoms with Gasteiger partial charge in [0.2, 0.25) is 0 Å². The Morgan fingerprint density at radius 2 is 1.51 bits per heavy atom. The Kier molecular flexibility index (Phi) is 49.0. The lowest BCUT2D eigenvalue weighted by Gasteiger charge is -2.13. The monoisotopic (exact) mass is 600 g/mol. The quantitative estimate of drug-likeness (QED) is 0.145. The van der Waals surface area contributed by atoms with Crippen LogP contribution in [-0.4, -0.2) is 92.0 Å². The van der Waals surface area contributed by atoms with E-state index < -0.39 is 5.97 Å². The lowest BCUT2D eigenvalue weighted by molar-refractivity contribution is -0.141. The number of carboxylic acid groups (broad SMARTS) is 1. The van der Waals surface area contributed by atoms with Crippen molar-refractivity contribution in [2.45, 2.75) is 79.4 Å². The van der Waals surface area contributed by atoms with Gasteiger partial charge in [-0.3, -0.25) is 14.4 Å². The summed E-state index contributed by atoms with van der Waals surface area (Å²) < 4.78 is 19.5. The van der Waals surface area contributed by atoms with Crippen LogP contribution in [0, 0.1) is 0 Å². The summed E-state index contributed by atoms with van der Waals surface area (Å²) in [7, 11) is 1.64. The van der Waals surface area contributed by atoms with Gasteiger partial charge in [-0.15, -0.1) is 0 Å². The fourth-order valence-electron chi connectivity index (χ4n) is 1.41. The number of carbonyl (C=O) groups excluding carboxylic acids is 2. The number of aliphatic carboxylic acids is 1. The van der Waals surface area contributed by atoms with Crippen LogP contribution in [0.1, 0.15) is 67.2 Å². The van der Waals surface area contributed by atoms with E-state index in [1.54, 1.807) is 7.11 Å². The van der Waals surface area contributed by atoms with Gasteiger partial charge < -0.3 is 34.3 Å². The van der Waals surface area contributed by atoms with Gasteiger partial charge in [0.05, 0.1) is 45.2 Å². The Morgan fingerprint density at radius 1 is 0.973 bits per heavy atom. The van der Waals surface area contributed by atoms with Crippen molar-refractivity contribution in [2.75, 3.05) is 46.8 Å². The van der Waals surface area contributed by atoms with E-state index in [1.807, 2.05) is 34.6 Å². The van der Waals surface area contributed by atoms with Gasteiger partial charge >= 0.3 is 11.9 Å². The average molecular weight is 602 g/mol. The van der Waals surface area contributed by atoms with Gasteiger partial charge in [-0.25, -0.2) is 0 Å². The highest BCUT2D eigenvalue weighted by Crippen LogP contribution is 2.06. The van der Waals surface area contributed by atoms with Crippen molar-refractivity contribution in [1.82, 2.24) is 0 Å². The summed E-state index contributed by atoms with van der Waals surface area (Å²) in [4.78, 5) is 30.3. The Morgan fingerprint density at radius 3 is 1.76 bits per heavy atom. The number of carboxylic acids is 1. The second-order valence-corrected chi connectivity index (χ2v) is 8.12. The molecule has 0 aromatic carbocycles. The summed E-state index contributed by atoms with van der Waals surface area (Å²) in [5.41, 5.74) is 1.09. The normalized spacial score (nSPS) is 10.7. The number of ether oxygens (including phenoxy) is 4. The Balaban J connectivity index is -0.000000118. The molecule has 0 aliphatic carbocycles. The number of ketones is 1. The third-order valence-corrected chi connectivity index (χ3v) is 3.84. The number of aliphatic hydroxyl groups is 2. The van der Waals surface area contributed by atoms with Crippen LogP contribution in [0.2, 0.25) is 0 Å². The first kappa shape index (κ1) is 45.9. The summed E-state index contributed by atoms with van der Waals surface area (Å²) in [6.45, 7) is 13.3. The number of esters is 1. The molecule has 13 heteroatoms. The fourth-order valence-corrected chi connectivity index (χ4v) is 1.41. The van der Waals surface area contributed by atoms with Crippen LogP contribution in [0.5, 0.6) is 0 Å². The van der Waals surface area contributed by atoms with Crippen LogP contribution >= 0.6 is 34.8 Å². The molecular weight excluding hydrogens is 555 g/mol. The zero-order valence-corrected chi connectivity index (χ0v) is 25.4. The highest BCUT2D eigenvalue weighted by molar-refractivity contribution is 6.58. The van der Waals surface area contributed by atoms with Gasteiger partial charge in [-0.05, 0) is 33.6 Å². The fraction of sp³-hybridized carbons (Fsp3) is 0.792. The Labute approximate surface area is 237 Å². The molecule has 0 amide bonds. The van der Waals surface area contributed by atoms with E-state index in [2.05, 4.69) is 4.74 Å². The second-order valence-electron chi connectivity index (χ2n) is 6.89. The van der Waals surface area contributed by atoms with Crippen molar-refractivity contribution in [3.8, 4) is 0 Å². The maximum Gasteiger partial charge on any atom is 0.310 e. The molecule has 10 nitrogen and oxygen atoms in total. The van der Waals surface area contributed by atoms with E-state index in [1.165, 1.54) is 6.92 Å². The predicted octanol–water partition coefficient (Wildman–Crippen LogP) is 4.73. The minimum absolute atomic E-state index is 0.0659. The maximum atomic E-state index is 10.5. The number of carbonyl (C=O) groups is 3. The molecule has 3 N–H and O–H groups in total. The minimum Gasteiger partial charge on any atom is -0.481 e. The molecule has 0 heterocycles. The maximum absolute atomic E-state index is 10.5. The smallest absolute Gasteiger partial charge is 0.310 e. The van der Waals surface area contributed by atoms with Gasteiger partial charge in [-0.1, -0.05) is 48.7 Å². The van der Waals surface area contributed by atoms with E-state index in [-0.39, 0.29) is 48.1 Å². The van der Waals surface area contributed by atoms with E-state index in [0.29, 0.717) is 32.8 Å². The first-order valence-corrected chi connectivity index (χ1v) is 12.9. The predicted molar refractivity (Wildman–Crippen MR) is 147 cm³/mol. The van der Waals surface area contributed by atoms with Crippen molar-refractivity contribution in [1.29, 1.82) is 0 Å². The molecule has 37 heavy (non-hydrogen) atoms. The molecule has 2 unspecified atom stereocenters. The van der Waals surface area contributed by atoms with E-state index >= 15 is 0 Å². The molecule has 2 atom stereocenters. The van der Waals surface area contributed by atoms with Gasteiger partial charge in [0.15, 0.2) is 0 Å². The first-order valence-electron chi connectivity index (χ1n) is 11.7. The highest BCUT2D eigenvalue weighted by atomic mass is 35.5. The van der Waals surface area contributed by atoms with Crippen molar-refractivity contribution < 1.29 is 48.7 Å². The molecule has 0 radical (unpaired) electrons. The summed E-state index contributed by atoms with van der Waals surface area (Å²) in [6.07, 6.45) is 1.71. The van der Waals surface area contributed by atoms with Crippen molar-refractivity contribution in [3.05, 3.63) is 10.0 Å². The number of rotatable bonds is 14. The van der Waals surface area contributed by atoms with E-state index in [0.717, 1.165) is 18.4 Å². The number of aliphatic hydroxyl groups excluding tert-OH is 2. The molecule has 0 saturated carbocycles. The number of hydrogen-bond acceptors (Lipinski definition) is 9. The first-order chi connectivity index (χ1) is 17.3. The Bertz CT molecular complexity index is 517. The van der Waals surface area contributed by atoms with Crippen LogP contribution in [0.25, 0.3) is 0 Å². The van der Waals surface area contributed by atoms with E-state index in [4.69, 9.17) is 64.3 Å². The van der Waals surface area contributed by atoms with Gasteiger partial charge in [-0.2, -0.15) is 0 Å². The molecule has 0 saturated heterocycles. The largest absolute Gasteiger partial charge is 0.481 e. The number of Topliss-reactive ketones (excluding diaryl/α,β-unsaturated/α-hetero) is 1. The Hall–Kier alpha value is -0.980. The summed E-state index contributed by atoms with van der Waals surface area (Å²) in [5, 5.41) is 24.7. The topological polar surface area (TPSA) is 149 Å². The van der Waals surface area contributed by atoms with Gasteiger partial charge in [0.25, 0.3) is 0 Å². The molecule has 0 aromatic heterocycles. The molecule has 224 valence electrons. The number of hydrogen-bond donors (Lipinski definition) is 3. The molecule has 0 rings (SSSR count). The third-order valence-electron chi connectivity index (χ3n) is 3.18. The lowest BCUT2D eigenvalue weighted by Crippen LogP contribution is -2.21. The molecule has 0 spiro atoms. The van der Waals surface area contributed by atoms with Crippen LogP contribution in [0.4, 0.5) is 0 Å². The summed E-state index contributed by atoms with van der Waals surface area (Å²) in [5.74, 6) is -1.42. The van der Waals surface area contributed by atoms with E-state index in [9.17, 15) is 14.4 Å². The third kappa shape index (κ3) is 66.2. The second kappa shape index (κ2) is 39.5. The van der Waals surface area contributed by atoms with Crippen molar-refractivity contribution in [3.63, 3.8) is 0 Å². The molecule has 0 aliphatic rings. The van der Waals surface area contributed by atoms with Crippen LogP contribution in [-0.2, 0) is 33.3 Å². The van der Waals surface area contributed by atoms with Crippen LogP contribution in [0.15, 0.2) is 10.0 Å². The van der Waals surface area contributed by atoms with Crippen LogP contribution < -0.4 is 0 Å². The minimum atomic E-state index is -1.03. The summed E-state index contributed by atoms with van der Waals surface area (Å²) >= 11 is 14.8. The highest BCUT2D eigenvalue weighted by Gasteiger charge is 2.04. The standard InChI is InChI=1S/C7H16O3.C6H10O3.C5H10O2.C4H10O2.C2HCl3/c1-6(4-8)10-5-7(2)9-3;1-2-3-5(7)4-6(8)9;1-3-4-7-5(2)6;1-2-6-4-3-5;3-1-2(4)5/h6-8H,4-5H2,1-3H3;2-4H2,1H3,(H,8,9);3-4H2,1-2H3;5H,2-4H2,1H3;1H. The average Bonchev–Trinajstić information content (AvgIpc) is 2.85. The summed E-state index contributed by atoms with van der Waals surface area (Å²) in [6, 6.07) is 0. The van der Waals surface area contributed by atoms with Crippen LogP contribution in [0.3, 0.4) is 0 Å². The zero-order valence-electron chi connectivity index (χ0n) is 23.1. The van der Waals surface area contributed by atoms with Gasteiger partial charge in [0.1, 0.15) is 16.7 Å². The number of halogens is 3. The van der Waals surface area contributed by atoms with Crippen molar-refractivity contribution in [2.24, 2.45) is 0 Å². The molecular formula is C24H47Cl3O10. The molecule has 0 aromatic rings. The zero-order chi connectivity index (χ0) is 30.1. The SMILES string of the molecule is CCCC(=O)CC(=O)O.CCCOC(C)=O.CCOCCO.COC(C)COC(C)CO.ClC=C(Cl)Cl. The lowest BCUT2D eigenvalue weighted by atomic mass is 10.2. The molecule has 0 bridgehead atoms. The van der Waals surface area contributed by atoms with Gasteiger partial charge in [0, 0.05) is 32.6 Å².